The SMILES string of the molecule is N=C(Nc1cc(Cl)cc(Cl)c1)N(Cc1ccc(C(=O)NCCC(=O)O)cc1)c1ccc(C2=CCCCC2)cc1. The minimum Gasteiger partial charge on any atom is -0.481 e. The summed E-state index contributed by atoms with van der Waals surface area (Å²) in [4.78, 5) is 24.8. The number of carboxylic acids is 1. The number of nitrogens with one attached hydrogen (secondary N) is 3. The fourth-order valence-electron chi connectivity index (χ4n) is 4.41. The maximum absolute atomic E-state index is 12.3. The van der Waals surface area contributed by atoms with E-state index in [1.54, 1.807) is 30.3 Å². The summed E-state index contributed by atoms with van der Waals surface area (Å²) in [7, 11) is 0. The quantitative estimate of drug-likeness (QED) is 0.162. The lowest BCUT2D eigenvalue weighted by molar-refractivity contribution is -0.136. The van der Waals surface area contributed by atoms with Crippen LogP contribution in [0.2, 0.25) is 10.0 Å². The number of carboxylic acid groups (broad SMARTS) is 1. The highest BCUT2D eigenvalue weighted by Crippen LogP contribution is 2.29. The number of carbonyl (C=O) groups excluding carboxylic acids is 1. The minimum atomic E-state index is -0.967. The summed E-state index contributed by atoms with van der Waals surface area (Å²) in [5.41, 5.74) is 5.29. The molecule has 0 saturated carbocycles. The third-order valence-electron chi connectivity index (χ3n) is 6.42. The van der Waals surface area contributed by atoms with E-state index in [0.717, 1.165) is 24.1 Å². The van der Waals surface area contributed by atoms with Gasteiger partial charge >= 0.3 is 5.97 Å². The molecule has 0 heterocycles. The summed E-state index contributed by atoms with van der Waals surface area (Å²) in [5, 5.41) is 24.3. The lowest BCUT2D eigenvalue weighted by Crippen LogP contribution is -2.35. The Hall–Kier alpha value is -3.81. The van der Waals surface area contributed by atoms with E-state index in [1.165, 1.54) is 24.0 Å². The zero-order chi connectivity index (χ0) is 27.8. The number of hydrogen-bond donors (Lipinski definition) is 4. The average Bonchev–Trinajstić information content (AvgIpc) is 2.92. The number of carbonyl (C=O) groups is 2. The number of anilines is 2. The van der Waals surface area contributed by atoms with Crippen LogP contribution in [0.3, 0.4) is 0 Å². The standard InChI is InChI=1S/C30H30Cl2N4O3/c31-24-16-25(32)18-26(17-24)35-30(33)36(27-12-10-22(11-13-27)21-4-2-1-3-5-21)19-20-6-8-23(9-7-20)29(39)34-15-14-28(37)38/h4,6-13,16-18H,1-3,5,14-15,19H2,(H2,33,35)(H,34,39)(H,37,38). The molecule has 3 aromatic carbocycles. The molecular formula is C30H30Cl2N4O3. The smallest absolute Gasteiger partial charge is 0.305 e. The van der Waals surface area contributed by atoms with Crippen LogP contribution >= 0.6 is 23.2 Å². The van der Waals surface area contributed by atoms with Crippen LogP contribution in [0.5, 0.6) is 0 Å². The Morgan fingerprint density at radius 1 is 0.949 bits per heavy atom. The van der Waals surface area contributed by atoms with Crippen molar-refractivity contribution in [1.82, 2.24) is 5.32 Å². The van der Waals surface area contributed by atoms with Gasteiger partial charge in [-0.25, -0.2) is 0 Å². The van der Waals surface area contributed by atoms with Gasteiger partial charge in [0.15, 0.2) is 5.96 Å². The summed E-state index contributed by atoms with van der Waals surface area (Å²) in [6.45, 7) is 0.427. The summed E-state index contributed by atoms with van der Waals surface area (Å²) in [6, 6.07) is 20.3. The molecule has 0 unspecified atom stereocenters. The van der Waals surface area contributed by atoms with Crippen LogP contribution < -0.4 is 15.5 Å². The Bertz CT molecular complexity index is 1350. The molecule has 4 N–H and O–H groups in total. The molecule has 4 rings (SSSR count). The largest absolute Gasteiger partial charge is 0.481 e. The first-order valence-corrected chi connectivity index (χ1v) is 13.5. The number of aliphatic carboxylic acids is 1. The lowest BCUT2D eigenvalue weighted by Gasteiger charge is -2.27. The highest BCUT2D eigenvalue weighted by molar-refractivity contribution is 6.35. The fraction of sp³-hybridized carbons (Fsp3) is 0.233. The van der Waals surface area contributed by atoms with Crippen molar-refractivity contribution in [3.63, 3.8) is 0 Å². The second-order valence-electron chi connectivity index (χ2n) is 9.34. The number of allylic oxidation sites excluding steroid dienone is 2. The number of benzene rings is 3. The van der Waals surface area contributed by atoms with Gasteiger partial charge in [-0.05, 0) is 84.8 Å². The normalized spacial score (nSPS) is 12.8. The maximum Gasteiger partial charge on any atom is 0.305 e. The topological polar surface area (TPSA) is 106 Å². The monoisotopic (exact) mass is 564 g/mol. The first-order chi connectivity index (χ1) is 18.8. The molecule has 0 atom stereocenters. The predicted molar refractivity (Wildman–Crippen MR) is 158 cm³/mol. The van der Waals surface area contributed by atoms with Gasteiger partial charge in [0.25, 0.3) is 5.91 Å². The Labute approximate surface area is 237 Å². The molecule has 0 fully saturated rings. The van der Waals surface area contributed by atoms with Crippen molar-refractivity contribution in [3.05, 3.63) is 99.5 Å². The van der Waals surface area contributed by atoms with Crippen molar-refractivity contribution in [1.29, 1.82) is 5.41 Å². The van der Waals surface area contributed by atoms with Gasteiger partial charge in [-0.2, -0.15) is 0 Å². The molecule has 1 aliphatic rings. The Balaban J connectivity index is 1.54. The molecule has 0 aliphatic heterocycles. The lowest BCUT2D eigenvalue weighted by atomic mass is 9.93. The van der Waals surface area contributed by atoms with Crippen molar-refractivity contribution in [2.45, 2.75) is 38.6 Å². The number of nitrogens with zero attached hydrogens (tertiary/aromatic N) is 1. The first kappa shape index (κ1) is 28.2. The molecule has 0 bridgehead atoms. The van der Waals surface area contributed by atoms with E-state index in [0.29, 0.717) is 27.8 Å². The van der Waals surface area contributed by atoms with Crippen LogP contribution in [0.1, 0.15) is 53.6 Å². The summed E-state index contributed by atoms with van der Waals surface area (Å²) < 4.78 is 0. The van der Waals surface area contributed by atoms with Gasteiger partial charge in [-0.3, -0.25) is 15.0 Å². The number of guanidine groups is 1. The summed E-state index contributed by atoms with van der Waals surface area (Å²) in [5.74, 6) is -1.17. The zero-order valence-electron chi connectivity index (χ0n) is 21.3. The second-order valence-corrected chi connectivity index (χ2v) is 10.2. The van der Waals surface area contributed by atoms with Crippen LogP contribution in [-0.4, -0.2) is 29.5 Å². The van der Waals surface area contributed by atoms with Crippen LogP contribution in [0.4, 0.5) is 11.4 Å². The van der Waals surface area contributed by atoms with Crippen LogP contribution in [-0.2, 0) is 11.3 Å². The van der Waals surface area contributed by atoms with E-state index in [1.807, 2.05) is 29.2 Å². The number of amides is 1. The zero-order valence-corrected chi connectivity index (χ0v) is 22.9. The highest BCUT2D eigenvalue weighted by atomic mass is 35.5. The molecule has 0 spiro atoms. The Morgan fingerprint density at radius 2 is 1.64 bits per heavy atom. The molecule has 7 nitrogen and oxygen atoms in total. The molecule has 202 valence electrons. The number of rotatable bonds is 9. The van der Waals surface area contributed by atoms with Gasteiger partial charge in [0, 0.05) is 33.5 Å². The molecule has 3 aromatic rings. The molecule has 0 saturated heterocycles. The Morgan fingerprint density at radius 3 is 2.26 bits per heavy atom. The fourth-order valence-corrected chi connectivity index (χ4v) is 4.94. The third-order valence-corrected chi connectivity index (χ3v) is 6.85. The van der Waals surface area contributed by atoms with E-state index in [-0.39, 0.29) is 24.8 Å². The summed E-state index contributed by atoms with van der Waals surface area (Å²) in [6.07, 6.45) is 6.78. The van der Waals surface area contributed by atoms with E-state index in [2.05, 4.69) is 28.8 Å². The molecule has 1 amide bonds. The van der Waals surface area contributed by atoms with Crippen LogP contribution in [0.15, 0.2) is 72.8 Å². The molecular weight excluding hydrogens is 535 g/mol. The molecule has 0 aromatic heterocycles. The van der Waals surface area contributed by atoms with E-state index >= 15 is 0 Å². The van der Waals surface area contributed by atoms with Gasteiger partial charge in [-0.1, -0.05) is 53.5 Å². The number of halogens is 2. The van der Waals surface area contributed by atoms with Gasteiger partial charge in [0.2, 0.25) is 0 Å². The van der Waals surface area contributed by atoms with Gasteiger partial charge in [0.05, 0.1) is 13.0 Å². The summed E-state index contributed by atoms with van der Waals surface area (Å²) >= 11 is 12.3. The van der Waals surface area contributed by atoms with Crippen LogP contribution in [0, 0.1) is 5.41 Å². The van der Waals surface area contributed by atoms with Crippen molar-refractivity contribution in [2.75, 3.05) is 16.8 Å². The third kappa shape index (κ3) is 8.09. The van der Waals surface area contributed by atoms with E-state index < -0.39 is 5.97 Å². The maximum atomic E-state index is 12.3. The van der Waals surface area contributed by atoms with Crippen molar-refractivity contribution in [2.24, 2.45) is 0 Å². The van der Waals surface area contributed by atoms with Crippen molar-refractivity contribution >= 4 is 58.0 Å². The van der Waals surface area contributed by atoms with Gasteiger partial charge in [-0.15, -0.1) is 0 Å². The van der Waals surface area contributed by atoms with E-state index in [9.17, 15) is 9.59 Å². The highest BCUT2D eigenvalue weighted by Gasteiger charge is 2.16. The molecule has 9 heteroatoms. The van der Waals surface area contributed by atoms with Gasteiger partial charge in [0.1, 0.15) is 0 Å². The average molecular weight is 566 g/mol. The van der Waals surface area contributed by atoms with Crippen molar-refractivity contribution in [3.8, 4) is 0 Å². The predicted octanol–water partition coefficient (Wildman–Crippen LogP) is 7.21. The first-order valence-electron chi connectivity index (χ1n) is 12.8. The van der Waals surface area contributed by atoms with Gasteiger partial charge < -0.3 is 20.6 Å². The van der Waals surface area contributed by atoms with Crippen LogP contribution in [0.25, 0.3) is 5.57 Å². The molecule has 0 radical (unpaired) electrons. The second kappa shape index (κ2) is 13.3. The molecule has 39 heavy (non-hydrogen) atoms. The molecule has 1 aliphatic carbocycles. The Kier molecular flexibility index (Phi) is 9.63. The minimum absolute atomic E-state index is 0.0624. The van der Waals surface area contributed by atoms with Crippen molar-refractivity contribution < 1.29 is 14.7 Å². The number of hydrogen-bond acceptors (Lipinski definition) is 3. The van der Waals surface area contributed by atoms with E-state index in [4.69, 9.17) is 33.7 Å².